The molecular weight excluding hydrogens is 196 g/mol. The van der Waals surface area contributed by atoms with Crippen LogP contribution in [0, 0.1) is 6.92 Å². The van der Waals surface area contributed by atoms with Crippen LogP contribution in [0.1, 0.15) is 5.69 Å². The zero-order valence-corrected chi connectivity index (χ0v) is 9.44. The van der Waals surface area contributed by atoms with Gasteiger partial charge in [-0.15, -0.1) is 0 Å². The van der Waals surface area contributed by atoms with Crippen molar-refractivity contribution in [1.29, 1.82) is 0 Å². The van der Waals surface area contributed by atoms with Gasteiger partial charge in [0.1, 0.15) is 5.69 Å². The smallest absolute Gasteiger partial charge is 0.0862 e. The molecule has 0 fully saturated rings. The van der Waals surface area contributed by atoms with Gasteiger partial charge in [0.25, 0.3) is 0 Å². The highest BCUT2D eigenvalue weighted by Crippen LogP contribution is 2.22. The lowest BCUT2D eigenvalue weighted by molar-refractivity contribution is -0.706. The van der Waals surface area contributed by atoms with E-state index in [1.165, 1.54) is 21.7 Å². The van der Waals surface area contributed by atoms with Crippen LogP contribution in [0.15, 0.2) is 42.5 Å². The summed E-state index contributed by atoms with van der Waals surface area (Å²) in [5.74, 6) is 0. The highest BCUT2D eigenvalue weighted by molar-refractivity contribution is 6.04. The van der Waals surface area contributed by atoms with Crippen molar-refractivity contribution < 1.29 is 4.68 Å². The number of aromatic nitrogens is 2. The maximum atomic E-state index is 4.43. The van der Waals surface area contributed by atoms with Gasteiger partial charge >= 0.3 is 0 Å². The third-order valence-corrected chi connectivity index (χ3v) is 2.96. The van der Waals surface area contributed by atoms with Crippen molar-refractivity contribution in [1.82, 2.24) is 5.10 Å². The topological polar surface area (TPSA) is 16.8 Å². The van der Waals surface area contributed by atoms with Crippen LogP contribution in [0.4, 0.5) is 0 Å². The summed E-state index contributed by atoms with van der Waals surface area (Å²) in [4.78, 5) is 0. The van der Waals surface area contributed by atoms with E-state index in [9.17, 15) is 0 Å². The van der Waals surface area contributed by atoms with E-state index in [2.05, 4.69) is 47.6 Å². The number of aryl methyl sites for hydroxylation is 2. The Morgan fingerprint density at radius 1 is 1.00 bits per heavy atom. The minimum Gasteiger partial charge on any atom is -0.0862 e. The summed E-state index contributed by atoms with van der Waals surface area (Å²) in [6.45, 7) is 2.03. The lowest BCUT2D eigenvalue weighted by Crippen LogP contribution is -2.34. The molecule has 0 aliphatic heterocycles. The van der Waals surface area contributed by atoms with Crippen molar-refractivity contribution in [3.63, 3.8) is 0 Å². The molecular formula is C14H13N2+. The molecule has 3 aromatic rings. The van der Waals surface area contributed by atoms with Crippen LogP contribution in [-0.4, -0.2) is 5.10 Å². The Morgan fingerprint density at radius 2 is 1.81 bits per heavy atom. The van der Waals surface area contributed by atoms with Crippen LogP contribution in [-0.2, 0) is 7.05 Å². The number of fused-ring (bicyclic) bond motifs is 3. The minimum absolute atomic E-state index is 1.05. The van der Waals surface area contributed by atoms with Crippen LogP contribution in [0.25, 0.3) is 21.7 Å². The molecule has 2 heteroatoms. The van der Waals surface area contributed by atoms with E-state index in [1.54, 1.807) is 0 Å². The van der Waals surface area contributed by atoms with E-state index in [0.29, 0.717) is 0 Å². The maximum absolute atomic E-state index is 4.43. The molecule has 0 aliphatic carbocycles. The molecule has 1 aromatic heterocycles. The summed E-state index contributed by atoms with van der Waals surface area (Å²) >= 11 is 0. The van der Waals surface area contributed by atoms with Crippen LogP contribution in [0.5, 0.6) is 0 Å². The van der Waals surface area contributed by atoms with Gasteiger partial charge in [-0.2, -0.15) is 0 Å². The Bertz CT molecular complexity index is 687. The summed E-state index contributed by atoms with van der Waals surface area (Å²) < 4.78 is 1.94. The van der Waals surface area contributed by atoms with Crippen LogP contribution < -0.4 is 4.68 Å². The van der Waals surface area contributed by atoms with Crippen LogP contribution in [0.2, 0.25) is 0 Å². The number of benzene rings is 2. The third kappa shape index (κ3) is 1.27. The van der Waals surface area contributed by atoms with Crippen LogP contribution in [0.3, 0.4) is 0 Å². The van der Waals surface area contributed by atoms with Crippen molar-refractivity contribution in [3.8, 4) is 0 Å². The van der Waals surface area contributed by atoms with E-state index >= 15 is 0 Å². The first-order valence-electron chi connectivity index (χ1n) is 5.41. The predicted molar refractivity (Wildman–Crippen MR) is 65.2 cm³/mol. The van der Waals surface area contributed by atoms with E-state index in [-0.39, 0.29) is 0 Å². The molecule has 0 bridgehead atoms. The first-order valence-corrected chi connectivity index (χ1v) is 5.41. The molecule has 0 saturated heterocycles. The second-order valence-electron chi connectivity index (χ2n) is 4.13. The lowest BCUT2D eigenvalue weighted by Gasteiger charge is -2.01. The van der Waals surface area contributed by atoms with Gasteiger partial charge in [-0.25, -0.2) is 0 Å². The van der Waals surface area contributed by atoms with Gasteiger partial charge in [0, 0.05) is 6.07 Å². The third-order valence-electron chi connectivity index (χ3n) is 2.96. The average molecular weight is 209 g/mol. The largest absolute Gasteiger partial charge is 0.239 e. The summed E-state index contributed by atoms with van der Waals surface area (Å²) in [5, 5.41) is 8.27. The molecule has 1 heterocycles. The van der Waals surface area contributed by atoms with E-state index in [0.717, 1.165) is 5.69 Å². The number of hydrogen-bond donors (Lipinski definition) is 0. The van der Waals surface area contributed by atoms with Crippen LogP contribution >= 0.6 is 0 Å². The Hall–Kier alpha value is -1.96. The monoisotopic (exact) mass is 209 g/mol. The average Bonchev–Trinajstić information content (AvgIpc) is 2.28. The van der Waals surface area contributed by atoms with Gasteiger partial charge in [0.2, 0.25) is 5.52 Å². The summed E-state index contributed by atoms with van der Waals surface area (Å²) in [6, 6.07) is 14.9. The minimum atomic E-state index is 1.05. The van der Waals surface area contributed by atoms with Crippen molar-refractivity contribution in [2.45, 2.75) is 6.92 Å². The molecule has 0 atom stereocenters. The van der Waals surface area contributed by atoms with Gasteiger partial charge in [-0.05, 0) is 34.9 Å². The van der Waals surface area contributed by atoms with Gasteiger partial charge in [-0.3, -0.25) is 0 Å². The second kappa shape index (κ2) is 3.27. The Kier molecular flexibility index (Phi) is 1.90. The van der Waals surface area contributed by atoms with Crippen molar-refractivity contribution in [2.75, 3.05) is 0 Å². The number of nitrogens with zero attached hydrogens (tertiary/aromatic N) is 2. The lowest BCUT2D eigenvalue weighted by atomic mass is 10.1. The molecule has 16 heavy (non-hydrogen) atoms. The Balaban J connectivity index is 2.59. The van der Waals surface area contributed by atoms with Crippen molar-refractivity contribution in [2.24, 2.45) is 7.05 Å². The van der Waals surface area contributed by atoms with E-state index < -0.39 is 0 Å². The fourth-order valence-electron chi connectivity index (χ4n) is 2.25. The standard InChI is InChI=1S/C14H13N2/c1-10-9-13-12-6-4-3-5-11(12)7-8-14(13)16(2)15-10/h3-9H,1-2H3/q+1. The molecule has 0 aliphatic rings. The quantitative estimate of drug-likeness (QED) is 0.410. The van der Waals surface area contributed by atoms with Crippen molar-refractivity contribution >= 4 is 21.7 Å². The molecule has 0 radical (unpaired) electrons. The van der Waals surface area contributed by atoms with Gasteiger partial charge < -0.3 is 0 Å². The normalized spacial score (nSPS) is 11.1. The van der Waals surface area contributed by atoms with Gasteiger partial charge in [-0.1, -0.05) is 28.9 Å². The highest BCUT2D eigenvalue weighted by Gasteiger charge is 2.10. The molecule has 0 amide bonds. The van der Waals surface area contributed by atoms with E-state index in [4.69, 9.17) is 0 Å². The maximum Gasteiger partial charge on any atom is 0.239 e. The highest BCUT2D eigenvalue weighted by atomic mass is 15.2. The fourth-order valence-corrected chi connectivity index (χ4v) is 2.25. The molecule has 0 unspecified atom stereocenters. The van der Waals surface area contributed by atoms with E-state index in [1.807, 2.05) is 18.7 Å². The first kappa shape index (κ1) is 9.28. The van der Waals surface area contributed by atoms with Gasteiger partial charge in [0.05, 0.1) is 5.39 Å². The summed E-state index contributed by atoms with van der Waals surface area (Å²) in [6.07, 6.45) is 0. The Labute approximate surface area is 94.1 Å². The molecule has 3 rings (SSSR count). The molecule has 2 nitrogen and oxygen atoms in total. The molecule has 0 N–H and O–H groups in total. The fraction of sp³-hybridized carbons (Fsp3) is 0.143. The number of hydrogen-bond acceptors (Lipinski definition) is 1. The predicted octanol–water partition coefficient (Wildman–Crippen LogP) is 2.52. The Morgan fingerprint density at radius 3 is 2.69 bits per heavy atom. The summed E-state index contributed by atoms with van der Waals surface area (Å²) in [7, 11) is 1.99. The molecule has 0 spiro atoms. The van der Waals surface area contributed by atoms with Gasteiger partial charge in [0.15, 0.2) is 7.05 Å². The first-order chi connectivity index (χ1) is 7.75. The zero-order chi connectivity index (χ0) is 11.1. The molecule has 0 saturated carbocycles. The summed E-state index contributed by atoms with van der Waals surface area (Å²) in [5.41, 5.74) is 2.22. The van der Waals surface area contributed by atoms with Crippen molar-refractivity contribution in [3.05, 3.63) is 48.2 Å². The molecule has 2 aromatic carbocycles. The SMILES string of the molecule is Cc1cc2c3ccccc3ccc2[n+](C)n1. The molecule has 78 valence electrons. The number of rotatable bonds is 0. The zero-order valence-electron chi connectivity index (χ0n) is 9.44. The second-order valence-corrected chi connectivity index (χ2v) is 4.13.